The Balaban J connectivity index is 0.00000289. The third-order valence-electron chi connectivity index (χ3n) is 2.71. The maximum atomic E-state index is 11.7. The predicted molar refractivity (Wildman–Crippen MR) is 78.0 cm³/mol. The van der Waals surface area contributed by atoms with Gasteiger partial charge in [-0.3, -0.25) is 4.79 Å². The number of carbonyl (C=O) groups excluding carboxylic acids is 1. The molecule has 0 fully saturated rings. The van der Waals surface area contributed by atoms with Gasteiger partial charge in [-0.25, -0.2) is 0 Å². The second-order valence-electron chi connectivity index (χ2n) is 5.13. The Bertz CT molecular complexity index is 391. The number of carbonyl (C=O) groups is 1. The predicted octanol–water partition coefficient (Wildman–Crippen LogP) is 2.20. The molecule has 0 spiro atoms. The molecule has 1 aromatic carbocycles. The van der Waals surface area contributed by atoms with Crippen molar-refractivity contribution in [1.82, 2.24) is 5.32 Å². The van der Waals surface area contributed by atoms with Crippen LogP contribution in [-0.4, -0.2) is 18.0 Å². The molecular weight excluding hydrogens is 248 g/mol. The second-order valence-corrected chi connectivity index (χ2v) is 5.13. The van der Waals surface area contributed by atoms with Gasteiger partial charge < -0.3 is 11.1 Å². The molecular formula is C14H23ClN2O. The molecule has 0 atom stereocenters. The molecule has 0 bridgehead atoms. The Labute approximate surface area is 116 Å². The van der Waals surface area contributed by atoms with Gasteiger partial charge in [0.15, 0.2) is 0 Å². The number of nitrogens with one attached hydrogen (secondary N) is 1. The van der Waals surface area contributed by atoms with Gasteiger partial charge in [0.2, 0.25) is 5.91 Å². The fraction of sp³-hybridized carbons (Fsp3) is 0.500. The molecule has 1 amide bonds. The van der Waals surface area contributed by atoms with Crippen molar-refractivity contribution in [1.29, 1.82) is 0 Å². The minimum absolute atomic E-state index is 0. The van der Waals surface area contributed by atoms with Crippen LogP contribution in [0, 0.1) is 6.92 Å². The second kappa shape index (κ2) is 7.39. The van der Waals surface area contributed by atoms with Gasteiger partial charge in [0, 0.05) is 18.5 Å². The van der Waals surface area contributed by atoms with E-state index in [2.05, 4.69) is 24.4 Å². The molecule has 0 saturated heterocycles. The third-order valence-corrected chi connectivity index (χ3v) is 2.71. The Morgan fingerprint density at radius 2 is 2.06 bits per heavy atom. The Hall–Kier alpha value is -1.06. The van der Waals surface area contributed by atoms with Crippen LogP contribution >= 0.6 is 12.4 Å². The molecule has 4 heteroatoms. The molecule has 0 aliphatic heterocycles. The summed E-state index contributed by atoms with van der Waals surface area (Å²) >= 11 is 0. The van der Waals surface area contributed by atoms with E-state index in [1.807, 2.05) is 26.0 Å². The average Bonchev–Trinajstić information content (AvgIpc) is 2.26. The minimum atomic E-state index is -0.316. The molecule has 0 saturated carbocycles. The maximum Gasteiger partial charge on any atom is 0.220 e. The largest absolute Gasteiger partial charge is 0.350 e. The average molecular weight is 271 g/mol. The van der Waals surface area contributed by atoms with Crippen LogP contribution in [0.25, 0.3) is 0 Å². The Morgan fingerprint density at radius 3 is 2.61 bits per heavy atom. The number of rotatable bonds is 5. The van der Waals surface area contributed by atoms with E-state index in [1.54, 1.807) is 0 Å². The van der Waals surface area contributed by atoms with Gasteiger partial charge in [0.05, 0.1) is 0 Å². The monoisotopic (exact) mass is 270 g/mol. The fourth-order valence-electron chi connectivity index (χ4n) is 1.62. The molecule has 0 radical (unpaired) electrons. The Morgan fingerprint density at radius 1 is 1.39 bits per heavy atom. The highest BCUT2D eigenvalue weighted by molar-refractivity contribution is 5.85. The summed E-state index contributed by atoms with van der Waals surface area (Å²) in [5.41, 5.74) is 7.68. The van der Waals surface area contributed by atoms with E-state index in [-0.39, 0.29) is 23.9 Å². The Kier molecular flexibility index (Phi) is 6.96. The van der Waals surface area contributed by atoms with Gasteiger partial charge in [-0.05, 0) is 32.8 Å². The lowest BCUT2D eigenvalue weighted by molar-refractivity contribution is -0.122. The first kappa shape index (κ1) is 16.9. The number of halogens is 1. The molecule has 0 aliphatic carbocycles. The number of hydrogen-bond donors (Lipinski definition) is 2. The summed E-state index contributed by atoms with van der Waals surface area (Å²) in [7, 11) is 0. The quantitative estimate of drug-likeness (QED) is 0.862. The number of hydrogen-bond acceptors (Lipinski definition) is 2. The molecule has 102 valence electrons. The van der Waals surface area contributed by atoms with Gasteiger partial charge in [-0.15, -0.1) is 12.4 Å². The van der Waals surface area contributed by atoms with Crippen LogP contribution in [0.3, 0.4) is 0 Å². The van der Waals surface area contributed by atoms with Crippen LogP contribution in [0.5, 0.6) is 0 Å². The van der Waals surface area contributed by atoms with E-state index in [0.29, 0.717) is 13.0 Å². The number of amides is 1. The lowest BCUT2D eigenvalue weighted by Crippen LogP contribution is -2.48. The van der Waals surface area contributed by atoms with Gasteiger partial charge >= 0.3 is 0 Å². The highest BCUT2D eigenvalue weighted by Gasteiger charge is 2.17. The standard InChI is InChI=1S/C14H22N2O.ClH/c1-11-5-4-6-12(9-11)7-8-13(17)16-14(2,3)10-15;/h4-6,9H,7-8,10,15H2,1-3H3,(H,16,17);1H. The zero-order valence-electron chi connectivity index (χ0n) is 11.3. The fourth-order valence-corrected chi connectivity index (χ4v) is 1.62. The summed E-state index contributed by atoms with van der Waals surface area (Å²) in [5, 5.41) is 2.93. The topological polar surface area (TPSA) is 55.1 Å². The van der Waals surface area contributed by atoms with Crippen molar-refractivity contribution in [2.24, 2.45) is 5.73 Å². The van der Waals surface area contributed by atoms with Gasteiger partial charge in [-0.2, -0.15) is 0 Å². The molecule has 18 heavy (non-hydrogen) atoms. The van der Waals surface area contributed by atoms with Gasteiger partial charge in [0.25, 0.3) is 0 Å². The van der Waals surface area contributed by atoms with Crippen molar-refractivity contribution < 1.29 is 4.79 Å². The molecule has 0 aliphatic rings. The molecule has 3 nitrogen and oxygen atoms in total. The lowest BCUT2D eigenvalue weighted by atomic mass is 10.0. The zero-order chi connectivity index (χ0) is 12.9. The van der Waals surface area contributed by atoms with Crippen LogP contribution < -0.4 is 11.1 Å². The molecule has 0 unspecified atom stereocenters. The van der Waals surface area contributed by atoms with E-state index in [0.717, 1.165) is 6.42 Å². The normalized spacial score (nSPS) is 10.7. The summed E-state index contributed by atoms with van der Waals surface area (Å²) in [6.45, 7) is 6.36. The SMILES string of the molecule is Cc1cccc(CCC(=O)NC(C)(C)CN)c1.Cl. The van der Waals surface area contributed by atoms with Crippen molar-refractivity contribution in [3.05, 3.63) is 35.4 Å². The molecule has 1 aromatic rings. The number of benzene rings is 1. The van der Waals surface area contributed by atoms with Crippen LogP contribution in [0.15, 0.2) is 24.3 Å². The summed E-state index contributed by atoms with van der Waals surface area (Å²) in [6, 6.07) is 8.24. The van der Waals surface area contributed by atoms with E-state index >= 15 is 0 Å². The number of nitrogens with two attached hydrogens (primary N) is 1. The van der Waals surface area contributed by atoms with Crippen LogP contribution in [-0.2, 0) is 11.2 Å². The van der Waals surface area contributed by atoms with Crippen molar-refractivity contribution in [2.45, 2.75) is 39.2 Å². The van der Waals surface area contributed by atoms with Crippen molar-refractivity contribution in [2.75, 3.05) is 6.54 Å². The summed E-state index contributed by atoms with van der Waals surface area (Å²) < 4.78 is 0. The molecule has 0 aromatic heterocycles. The third kappa shape index (κ3) is 6.03. The molecule has 3 N–H and O–H groups in total. The smallest absolute Gasteiger partial charge is 0.220 e. The van der Waals surface area contributed by atoms with E-state index in [9.17, 15) is 4.79 Å². The van der Waals surface area contributed by atoms with Crippen LogP contribution in [0.1, 0.15) is 31.4 Å². The van der Waals surface area contributed by atoms with Gasteiger partial charge in [0.1, 0.15) is 0 Å². The maximum absolute atomic E-state index is 11.7. The van der Waals surface area contributed by atoms with E-state index < -0.39 is 0 Å². The van der Waals surface area contributed by atoms with Gasteiger partial charge in [-0.1, -0.05) is 29.8 Å². The summed E-state index contributed by atoms with van der Waals surface area (Å²) in [4.78, 5) is 11.7. The number of aryl methyl sites for hydroxylation is 2. The lowest BCUT2D eigenvalue weighted by Gasteiger charge is -2.24. The molecule has 1 rings (SSSR count). The first-order chi connectivity index (χ1) is 7.93. The highest BCUT2D eigenvalue weighted by Crippen LogP contribution is 2.07. The highest BCUT2D eigenvalue weighted by atomic mass is 35.5. The van der Waals surface area contributed by atoms with Crippen LogP contribution in [0.2, 0.25) is 0 Å². The van der Waals surface area contributed by atoms with Crippen molar-refractivity contribution in [3.63, 3.8) is 0 Å². The van der Waals surface area contributed by atoms with Crippen molar-refractivity contribution in [3.8, 4) is 0 Å². The van der Waals surface area contributed by atoms with Crippen LogP contribution in [0.4, 0.5) is 0 Å². The molecule has 0 heterocycles. The first-order valence-electron chi connectivity index (χ1n) is 5.99. The summed E-state index contributed by atoms with van der Waals surface area (Å²) in [5.74, 6) is 0.0574. The summed E-state index contributed by atoms with van der Waals surface area (Å²) in [6.07, 6.45) is 1.28. The van der Waals surface area contributed by atoms with E-state index in [4.69, 9.17) is 5.73 Å². The minimum Gasteiger partial charge on any atom is -0.350 e. The first-order valence-corrected chi connectivity index (χ1v) is 5.99. The van der Waals surface area contributed by atoms with E-state index in [1.165, 1.54) is 11.1 Å². The zero-order valence-corrected chi connectivity index (χ0v) is 12.1. The van der Waals surface area contributed by atoms with Crippen molar-refractivity contribution >= 4 is 18.3 Å².